The molecule has 2 aromatic heterocycles. The molecule has 0 aliphatic carbocycles. The van der Waals surface area contributed by atoms with Gasteiger partial charge in [-0.3, -0.25) is 0 Å². The van der Waals surface area contributed by atoms with Crippen molar-refractivity contribution in [1.29, 1.82) is 0 Å². The smallest absolute Gasteiger partial charge is 0.212 e. The number of aromatic nitrogens is 3. The normalized spacial score (nSPS) is 11.5. The molecule has 0 aliphatic heterocycles. The summed E-state index contributed by atoms with van der Waals surface area (Å²) in [4.78, 5) is 5.17. The highest BCUT2D eigenvalue weighted by Crippen LogP contribution is 2.26. The van der Waals surface area contributed by atoms with Crippen LogP contribution in [-0.4, -0.2) is 14.6 Å². The average molecular weight is 243 g/mol. The van der Waals surface area contributed by atoms with Crippen LogP contribution in [-0.2, 0) is 0 Å². The molecular formula is C13H13N3S. The number of benzene rings is 1. The fourth-order valence-electron chi connectivity index (χ4n) is 1.76. The van der Waals surface area contributed by atoms with E-state index in [2.05, 4.69) is 48.2 Å². The van der Waals surface area contributed by atoms with Gasteiger partial charge in [-0.15, -0.1) is 0 Å². The molecule has 0 atom stereocenters. The van der Waals surface area contributed by atoms with E-state index in [9.17, 15) is 0 Å². The fraction of sp³-hybridized carbons (Fsp3) is 0.231. The van der Waals surface area contributed by atoms with Gasteiger partial charge in [-0.2, -0.15) is 5.10 Å². The van der Waals surface area contributed by atoms with Crippen LogP contribution < -0.4 is 0 Å². The molecular weight excluding hydrogens is 230 g/mol. The van der Waals surface area contributed by atoms with E-state index >= 15 is 0 Å². The Morgan fingerprint density at radius 1 is 1.18 bits per heavy atom. The Labute approximate surface area is 104 Å². The van der Waals surface area contributed by atoms with Crippen LogP contribution in [0, 0.1) is 0 Å². The van der Waals surface area contributed by atoms with E-state index in [1.165, 1.54) is 5.56 Å². The Morgan fingerprint density at radius 3 is 2.59 bits per heavy atom. The van der Waals surface area contributed by atoms with Crippen LogP contribution in [0.5, 0.6) is 0 Å². The summed E-state index contributed by atoms with van der Waals surface area (Å²) in [5.41, 5.74) is 2.51. The van der Waals surface area contributed by atoms with Gasteiger partial charge in [0.1, 0.15) is 5.01 Å². The first-order valence-electron chi connectivity index (χ1n) is 5.64. The molecule has 1 aromatic carbocycles. The van der Waals surface area contributed by atoms with E-state index in [1.54, 1.807) is 17.5 Å². The van der Waals surface area contributed by atoms with Crippen molar-refractivity contribution in [2.24, 2.45) is 0 Å². The lowest BCUT2D eigenvalue weighted by Crippen LogP contribution is -1.87. The molecule has 3 nitrogen and oxygen atoms in total. The predicted molar refractivity (Wildman–Crippen MR) is 70.4 cm³/mol. The van der Waals surface area contributed by atoms with Crippen molar-refractivity contribution in [2.75, 3.05) is 0 Å². The summed E-state index contributed by atoms with van der Waals surface area (Å²) in [6.45, 7) is 4.40. The van der Waals surface area contributed by atoms with E-state index in [-0.39, 0.29) is 0 Å². The third kappa shape index (κ3) is 1.85. The fourth-order valence-corrected chi connectivity index (χ4v) is 2.63. The lowest BCUT2D eigenvalue weighted by Gasteiger charge is -2.04. The number of rotatable bonds is 2. The van der Waals surface area contributed by atoms with E-state index < -0.39 is 0 Å². The van der Waals surface area contributed by atoms with Gasteiger partial charge in [0, 0.05) is 11.8 Å². The predicted octanol–water partition coefficient (Wildman–Crippen LogP) is 3.58. The first-order valence-corrected chi connectivity index (χ1v) is 6.46. The molecule has 86 valence electrons. The average Bonchev–Trinajstić information content (AvgIpc) is 2.89. The van der Waals surface area contributed by atoms with Crippen LogP contribution in [0.3, 0.4) is 0 Å². The summed E-state index contributed by atoms with van der Waals surface area (Å²) in [5, 5.41) is 5.51. The van der Waals surface area contributed by atoms with E-state index in [0.29, 0.717) is 5.92 Å². The SMILES string of the molecule is CC(C)c1ccc(-c2nn3ccnc3s2)cc1. The first kappa shape index (κ1) is 10.5. The number of nitrogens with zero attached hydrogens (tertiary/aromatic N) is 3. The van der Waals surface area contributed by atoms with Crippen LogP contribution in [0.15, 0.2) is 36.7 Å². The van der Waals surface area contributed by atoms with Gasteiger partial charge in [0.25, 0.3) is 0 Å². The van der Waals surface area contributed by atoms with Gasteiger partial charge < -0.3 is 0 Å². The molecule has 0 unspecified atom stereocenters. The first-order chi connectivity index (χ1) is 8.24. The molecule has 4 heteroatoms. The molecule has 0 fully saturated rings. The molecule has 0 spiro atoms. The third-order valence-electron chi connectivity index (χ3n) is 2.80. The second-order valence-electron chi connectivity index (χ2n) is 4.34. The van der Waals surface area contributed by atoms with Gasteiger partial charge in [-0.1, -0.05) is 49.4 Å². The Hall–Kier alpha value is -1.68. The molecule has 0 radical (unpaired) electrons. The van der Waals surface area contributed by atoms with Crippen molar-refractivity contribution in [1.82, 2.24) is 14.6 Å². The number of hydrogen-bond acceptors (Lipinski definition) is 3. The molecule has 0 aliphatic rings. The zero-order valence-corrected chi connectivity index (χ0v) is 10.6. The van der Waals surface area contributed by atoms with Crippen LogP contribution in [0.1, 0.15) is 25.3 Å². The van der Waals surface area contributed by atoms with Gasteiger partial charge in [-0.05, 0) is 11.5 Å². The Balaban J connectivity index is 2.01. The number of imidazole rings is 1. The minimum atomic E-state index is 0.567. The van der Waals surface area contributed by atoms with Crippen molar-refractivity contribution >= 4 is 16.3 Å². The van der Waals surface area contributed by atoms with E-state index in [4.69, 9.17) is 0 Å². The Morgan fingerprint density at radius 2 is 1.94 bits per heavy atom. The monoisotopic (exact) mass is 243 g/mol. The summed E-state index contributed by atoms with van der Waals surface area (Å²) in [6.07, 6.45) is 3.64. The van der Waals surface area contributed by atoms with Gasteiger partial charge in [0.05, 0.1) is 6.20 Å². The Bertz CT molecular complexity index is 606. The van der Waals surface area contributed by atoms with Crippen LogP contribution in [0.2, 0.25) is 0 Å². The molecule has 3 aromatic rings. The van der Waals surface area contributed by atoms with Crippen LogP contribution in [0.25, 0.3) is 15.5 Å². The molecule has 17 heavy (non-hydrogen) atoms. The van der Waals surface area contributed by atoms with Gasteiger partial charge >= 0.3 is 0 Å². The van der Waals surface area contributed by atoms with E-state index in [0.717, 1.165) is 15.5 Å². The molecule has 0 saturated carbocycles. The van der Waals surface area contributed by atoms with Gasteiger partial charge in [0.2, 0.25) is 4.96 Å². The third-order valence-corrected chi connectivity index (χ3v) is 3.79. The van der Waals surface area contributed by atoms with Crippen molar-refractivity contribution in [2.45, 2.75) is 19.8 Å². The van der Waals surface area contributed by atoms with Crippen molar-refractivity contribution in [3.8, 4) is 10.6 Å². The molecule has 0 amide bonds. The maximum Gasteiger partial charge on any atom is 0.212 e. The van der Waals surface area contributed by atoms with Crippen molar-refractivity contribution in [3.63, 3.8) is 0 Å². The largest absolute Gasteiger partial charge is 0.226 e. The molecule has 2 heterocycles. The second kappa shape index (κ2) is 3.96. The maximum atomic E-state index is 4.49. The lowest BCUT2D eigenvalue weighted by molar-refractivity contribution is 0.867. The Kier molecular flexibility index (Phi) is 2.44. The minimum Gasteiger partial charge on any atom is -0.226 e. The van der Waals surface area contributed by atoms with Crippen molar-refractivity contribution in [3.05, 3.63) is 42.2 Å². The quantitative estimate of drug-likeness (QED) is 0.688. The second-order valence-corrected chi connectivity index (χ2v) is 5.29. The highest BCUT2D eigenvalue weighted by Gasteiger charge is 2.07. The van der Waals surface area contributed by atoms with Crippen molar-refractivity contribution < 1.29 is 0 Å². The number of fused-ring (bicyclic) bond motifs is 1. The summed E-state index contributed by atoms with van der Waals surface area (Å²) in [6, 6.07) is 8.61. The highest BCUT2D eigenvalue weighted by molar-refractivity contribution is 7.19. The van der Waals surface area contributed by atoms with Crippen LogP contribution >= 0.6 is 11.3 Å². The van der Waals surface area contributed by atoms with E-state index in [1.807, 2.05) is 10.7 Å². The summed E-state index contributed by atoms with van der Waals surface area (Å²) in [5.74, 6) is 0.567. The summed E-state index contributed by atoms with van der Waals surface area (Å²) >= 11 is 1.61. The highest BCUT2D eigenvalue weighted by atomic mass is 32.1. The molecule has 3 rings (SSSR count). The standard InChI is InChI=1S/C13H13N3S/c1-9(2)10-3-5-11(6-4-10)12-15-16-8-7-14-13(16)17-12/h3-9H,1-2H3. The summed E-state index contributed by atoms with van der Waals surface area (Å²) in [7, 11) is 0. The maximum absolute atomic E-state index is 4.49. The van der Waals surface area contributed by atoms with Gasteiger partial charge in [0.15, 0.2) is 0 Å². The zero-order chi connectivity index (χ0) is 11.8. The van der Waals surface area contributed by atoms with Crippen LogP contribution in [0.4, 0.5) is 0 Å². The van der Waals surface area contributed by atoms with Gasteiger partial charge in [-0.25, -0.2) is 9.50 Å². The minimum absolute atomic E-state index is 0.567. The molecule has 0 bridgehead atoms. The topological polar surface area (TPSA) is 30.2 Å². The zero-order valence-electron chi connectivity index (χ0n) is 9.79. The summed E-state index contributed by atoms with van der Waals surface area (Å²) < 4.78 is 1.82. The molecule has 0 N–H and O–H groups in total. The lowest BCUT2D eigenvalue weighted by atomic mass is 10.0. The number of hydrogen-bond donors (Lipinski definition) is 0. The molecule has 0 saturated heterocycles.